The van der Waals surface area contributed by atoms with Gasteiger partial charge in [0, 0.05) is 9.64 Å². The van der Waals surface area contributed by atoms with E-state index in [0.29, 0.717) is 11.6 Å². The lowest BCUT2D eigenvalue weighted by molar-refractivity contribution is -0.189. The van der Waals surface area contributed by atoms with E-state index in [4.69, 9.17) is 5.73 Å². The second-order valence-electron chi connectivity index (χ2n) is 5.62. The Morgan fingerprint density at radius 2 is 1.37 bits per heavy atom. The van der Waals surface area contributed by atoms with Crippen molar-refractivity contribution in [3.63, 3.8) is 0 Å². The van der Waals surface area contributed by atoms with Crippen LogP contribution in [-0.2, 0) is 6.11 Å². The maximum Gasteiger partial charge on any atom is 0.432 e. The predicted octanol–water partition coefficient (Wildman–Crippen LogP) is 6.09. The van der Waals surface area contributed by atoms with E-state index in [-0.39, 0.29) is 11.3 Å². The van der Waals surface area contributed by atoms with Gasteiger partial charge in [-0.05, 0) is 70.1 Å². The third-order valence-corrected chi connectivity index (χ3v) is 4.45. The minimum Gasteiger partial charge on any atom is -0.429 e. The van der Waals surface area contributed by atoms with Crippen LogP contribution >= 0.6 is 22.6 Å². The first-order valence-corrected chi connectivity index (χ1v) is 8.62. The van der Waals surface area contributed by atoms with Crippen LogP contribution in [0.1, 0.15) is 5.56 Å². The maximum atomic E-state index is 14.3. The molecule has 2 nitrogen and oxygen atoms in total. The SMILES string of the molecule is Nc1ccc(OC(F)(F)c2c(F)cc(-c3ccc(I)cc3)cc2F)cc1F. The Labute approximate surface area is 164 Å². The molecule has 8 heteroatoms. The molecule has 0 saturated heterocycles. The Bertz CT molecular complexity index is 969. The zero-order chi connectivity index (χ0) is 19.8. The standard InChI is InChI=1S/C19H11F5INO/c20-14-9-13(5-6-17(14)26)27-19(23,24)18-15(21)7-11(8-16(18)22)10-1-3-12(25)4-2-10/h1-9H,26H2. The highest BCUT2D eigenvalue weighted by molar-refractivity contribution is 14.1. The second-order valence-corrected chi connectivity index (χ2v) is 6.87. The van der Waals surface area contributed by atoms with Crippen LogP contribution in [0, 0.1) is 21.0 Å². The second kappa shape index (κ2) is 7.34. The average molecular weight is 491 g/mol. The fourth-order valence-corrected chi connectivity index (χ4v) is 2.79. The summed E-state index contributed by atoms with van der Waals surface area (Å²) in [6, 6.07) is 10.8. The van der Waals surface area contributed by atoms with Gasteiger partial charge < -0.3 is 10.5 Å². The molecule has 0 radical (unpaired) electrons. The molecule has 0 aromatic heterocycles. The molecule has 3 rings (SSSR count). The lowest BCUT2D eigenvalue weighted by atomic mass is 10.0. The molecule has 0 fully saturated rings. The quantitative estimate of drug-likeness (QED) is 0.273. The first-order valence-electron chi connectivity index (χ1n) is 7.54. The molecule has 3 aromatic carbocycles. The monoisotopic (exact) mass is 491 g/mol. The van der Waals surface area contributed by atoms with Gasteiger partial charge in [-0.3, -0.25) is 0 Å². The largest absolute Gasteiger partial charge is 0.432 e. The number of halogens is 6. The lowest BCUT2D eigenvalue weighted by Gasteiger charge is -2.20. The van der Waals surface area contributed by atoms with Crippen LogP contribution in [0.15, 0.2) is 54.6 Å². The van der Waals surface area contributed by atoms with Crippen LogP contribution in [0.25, 0.3) is 11.1 Å². The normalized spacial score (nSPS) is 11.5. The van der Waals surface area contributed by atoms with Gasteiger partial charge in [-0.15, -0.1) is 0 Å². The molecule has 3 aromatic rings. The van der Waals surface area contributed by atoms with Crippen molar-refractivity contribution < 1.29 is 26.7 Å². The number of hydrogen-bond acceptors (Lipinski definition) is 2. The molecule has 0 amide bonds. The molecule has 0 unspecified atom stereocenters. The Hall–Kier alpha value is -2.36. The summed E-state index contributed by atoms with van der Waals surface area (Å²) in [7, 11) is 0. The third kappa shape index (κ3) is 4.15. The number of alkyl halides is 2. The summed E-state index contributed by atoms with van der Waals surface area (Å²) < 4.78 is 75.9. The molecule has 0 aliphatic carbocycles. The molecular formula is C19H11F5INO. The summed E-state index contributed by atoms with van der Waals surface area (Å²) in [5.74, 6) is -4.57. The van der Waals surface area contributed by atoms with Crippen molar-refractivity contribution in [1.82, 2.24) is 0 Å². The zero-order valence-electron chi connectivity index (χ0n) is 13.4. The summed E-state index contributed by atoms with van der Waals surface area (Å²) in [6.07, 6.45) is -4.36. The first-order chi connectivity index (χ1) is 12.7. The number of nitrogens with two attached hydrogens (primary N) is 1. The van der Waals surface area contributed by atoms with E-state index in [0.717, 1.165) is 27.8 Å². The van der Waals surface area contributed by atoms with Gasteiger partial charge in [0.1, 0.15) is 28.8 Å². The van der Waals surface area contributed by atoms with Gasteiger partial charge in [-0.2, -0.15) is 8.78 Å². The van der Waals surface area contributed by atoms with Crippen LogP contribution in [0.3, 0.4) is 0 Å². The van der Waals surface area contributed by atoms with Crippen LogP contribution in [0.2, 0.25) is 0 Å². The Balaban J connectivity index is 1.97. The van der Waals surface area contributed by atoms with Gasteiger partial charge in [0.25, 0.3) is 0 Å². The molecule has 0 heterocycles. The fourth-order valence-electron chi connectivity index (χ4n) is 2.43. The van der Waals surface area contributed by atoms with Crippen molar-refractivity contribution in [3.8, 4) is 16.9 Å². The minimum atomic E-state index is -4.36. The Morgan fingerprint density at radius 3 is 1.93 bits per heavy atom. The van der Waals surface area contributed by atoms with E-state index < -0.39 is 34.9 Å². The average Bonchev–Trinajstić information content (AvgIpc) is 2.57. The Kier molecular flexibility index (Phi) is 5.27. The molecule has 2 N–H and O–H groups in total. The number of hydrogen-bond donors (Lipinski definition) is 1. The molecule has 27 heavy (non-hydrogen) atoms. The summed E-state index contributed by atoms with van der Waals surface area (Å²) in [5.41, 5.74) is 3.98. The van der Waals surface area contributed by atoms with Gasteiger partial charge in [0.2, 0.25) is 0 Å². The number of ether oxygens (including phenoxy) is 1. The van der Waals surface area contributed by atoms with Crippen molar-refractivity contribution >= 4 is 28.3 Å². The summed E-state index contributed by atoms with van der Waals surface area (Å²) >= 11 is 2.06. The van der Waals surface area contributed by atoms with Crippen molar-refractivity contribution in [2.24, 2.45) is 0 Å². The van der Waals surface area contributed by atoms with Crippen LogP contribution in [-0.4, -0.2) is 0 Å². The zero-order valence-corrected chi connectivity index (χ0v) is 15.6. The van der Waals surface area contributed by atoms with Crippen LogP contribution < -0.4 is 10.5 Å². The van der Waals surface area contributed by atoms with Crippen LogP contribution in [0.4, 0.5) is 27.6 Å². The Morgan fingerprint density at radius 1 is 0.778 bits per heavy atom. The molecule has 140 valence electrons. The fraction of sp³-hybridized carbons (Fsp3) is 0.0526. The third-order valence-electron chi connectivity index (χ3n) is 3.73. The summed E-state index contributed by atoms with van der Waals surface area (Å²) in [6.45, 7) is 0. The first kappa shape index (κ1) is 19.4. The molecule has 0 atom stereocenters. The highest BCUT2D eigenvalue weighted by Gasteiger charge is 2.41. The van der Waals surface area contributed by atoms with E-state index in [2.05, 4.69) is 27.3 Å². The minimum absolute atomic E-state index is 0.0967. The molecule has 0 saturated carbocycles. The van der Waals surface area contributed by atoms with Gasteiger partial charge >= 0.3 is 6.11 Å². The van der Waals surface area contributed by atoms with E-state index in [1.165, 1.54) is 0 Å². The van der Waals surface area contributed by atoms with Gasteiger partial charge in [-0.25, -0.2) is 13.2 Å². The smallest absolute Gasteiger partial charge is 0.429 e. The molecule has 0 aliphatic rings. The molecule has 0 spiro atoms. The number of anilines is 1. The predicted molar refractivity (Wildman–Crippen MR) is 99.8 cm³/mol. The van der Waals surface area contributed by atoms with Crippen molar-refractivity contribution in [3.05, 3.63) is 81.2 Å². The van der Waals surface area contributed by atoms with Crippen molar-refractivity contribution in [2.45, 2.75) is 6.11 Å². The topological polar surface area (TPSA) is 35.2 Å². The summed E-state index contributed by atoms with van der Waals surface area (Å²) in [4.78, 5) is 0. The number of nitrogen functional groups attached to an aromatic ring is 1. The van der Waals surface area contributed by atoms with Gasteiger partial charge in [0.15, 0.2) is 0 Å². The highest BCUT2D eigenvalue weighted by Crippen LogP contribution is 2.37. The highest BCUT2D eigenvalue weighted by atomic mass is 127. The lowest BCUT2D eigenvalue weighted by Crippen LogP contribution is -2.25. The van der Waals surface area contributed by atoms with E-state index in [1.54, 1.807) is 24.3 Å². The van der Waals surface area contributed by atoms with E-state index in [1.807, 2.05) is 0 Å². The van der Waals surface area contributed by atoms with E-state index in [9.17, 15) is 22.0 Å². The van der Waals surface area contributed by atoms with Crippen molar-refractivity contribution in [1.29, 1.82) is 0 Å². The van der Waals surface area contributed by atoms with Gasteiger partial charge in [-0.1, -0.05) is 12.1 Å². The van der Waals surface area contributed by atoms with Gasteiger partial charge in [0.05, 0.1) is 5.69 Å². The number of rotatable bonds is 4. The van der Waals surface area contributed by atoms with Crippen LogP contribution in [0.5, 0.6) is 5.75 Å². The maximum absolute atomic E-state index is 14.3. The molecular weight excluding hydrogens is 480 g/mol. The van der Waals surface area contributed by atoms with Crippen molar-refractivity contribution in [2.75, 3.05) is 5.73 Å². The molecule has 0 bridgehead atoms. The van der Waals surface area contributed by atoms with E-state index >= 15 is 0 Å². The number of benzene rings is 3. The molecule has 0 aliphatic heterocycles. The summed E-state index contributed by atoms with van der Waals surface area (Å²) in [5, 5.41) is 0.